The van der Waals surface area contributed by atoms with Gasteiger partial charge < -0.3 is 9.84 Å². The second kappa shape index (κ2) is 3.54. The van der Waals surface area contributed by atoms with E-state index in [1.165, 1.54) is 13.2 Å². The molecule has 1 aromatic rings. The molecule has 66 valence electrons. The lowest BCUT2D eigenvalue weighted by molar-refractivity contribution is 0.267. The number of aliphatic hydroxyl groups excluding tert-OH is 1. The first kappa shape index (κ1) is 9.00. The summed E-state index contributed by atoms with van der Waals surface area (Å²) in [5.74, 6) is -0.0237. The van der Waals surface area contributed by atoms with Gasteiger partial charge in [0.15, 0.2) is 0 Å². The molecule has 0 heterocycles. The maximum Gasteiger partial charge on any atom is 0.132 e. The lowest BCUT2D eigenvalue weighted by atomic mass is 10.1. The van der Waals surface area contributed by atoms with Crippen molar-refractivity contribution >= 4 is 0 Å². The largest absolute Gasteiger partial charge is 0.496 e. The summed E-state index contributed by atoms with van der Waals surface area (Å²) in [5, 5.41) is 8.80. The van der Waals surface area contributed by atoms with E-state index < -0.39 is 5.82 Å². The molecular weight excluding hydrogens is 159 g/mol. The van der Waals surface area contributed by atoms with E-state index in [1.807, 2.05) is 0 Å². The highest BCUT2D eigenvalue weighted by atomic mass is 19.1. The first-order chi connectivity index (χ1) is 5.69. The Hall–Kier alpha value is -1.09. The summed E-state index contributed by atoms with van der Waals surface area (Å²) in [4.78, 5) is 0. The van der Waals surface area contributed by atoms with Crippen molar-refractivity contribution in [3.63, 3.8) is 0 Å². The van der Waals surface area contributed by atoms with Crippen molar-refractivity contribution in [2.45, 2.75) is 13.5 Å². The van der Waals surface area contributed by atoms with Crippen LogP contribution < -0.4 is 4.74 Å². The molecule has 0 radical (unpaired) electrons. The van der Waals surface area contributed by atoms with Gasteiger partial charge >= 0.3 is 0 Å². The highest BCUT2D eigenvalue weighted by molar-refractivity contribution is 5.37. The lowest BCUT2D eigenvalue weighted by Gasteiger charge is -2.07. The zero-order valence-electron chi connectivity index (χ0n) is 7.10. The first-order valence-corrected chi connectivity index (χ1v) is 3.63. The number of hydrogen-bond donors (Lipinski definition) is 1. The fraction of sp³-hybridized carbons (Fsp3) is 0.333. The maximum atomic E-state index is 13.1. The van der Waals surface area contributed by atoms with Crippen LogP contribution in [-0.4, -0.2) is 12.2 Å². The molecule has 0 aliphatic carbocycles. The van der Waals surface area contributed by atoms with Crippen molar-refractivity contribution in [3.05, 3.63) is 29.1 Å². The van der Waals surface area contributed by atoms with Crippen LogP contribution in [0.4, 0.5) is 4.39 Å². The minimum Gasteiger partial charge on any atom is -0.496 e. The van der Waals surface area contributed by atoms with Crippen LogP contribution in [0.3, 0.4) is 0 Å². The molecule has 0 bridgehead atoms. The molecule has 3 heteroatoms. The van der Waals surface area contributed by atoms with Crippen molar-refractivity contribution in [2.75, 3.05) is 7.11 Å². The smallest absolute Gasteiger partial charge is 0.132 e. The Morgan fingerprint density at radius 1 is 1.50 bits per heavy atom. The number of aryl methyl sites for hydroxylation is 1. The molecule has 0 aromatic heterocycles. The molecule has 0 fully saturated rings. The quantitative estimate of drug-likeness (QED) is 0.731. The minimum atomic E-state index is -0.422. The van der Waals surface area contributed by atoms with Gasteiger partial charge in [-0.2, -0.15) is 0 Å². The molecule has 0 saturated heterocycles. The Morgan fingerprint density at radius 3 is 2.67 bits per heavy atom. The molecule has 2 nitrogen and oxygen atoms in total. The van der Waals surface area contributed by atoms with E-state index in [2.05, 4.69) is 0 Å². The number of methoxy groups -OCH3 is 1. The predicted octanol–water partition coefficient (Wildman–Crippen LogP) is 1.64. The normalized spacial score (nSPS) is 10.0. The SMILES string of the molecule is COc1cc(C)cc(F)c1CO. The van der Waals surface area contributed by atoms with Crippen LogP contribution >= 0.6 is 0 Å². The second-order valence-electron chi connectivity index (χ2n) is 2.59. The van der Waals surface area contributed by atoms with Gasteiger partial charge in [-0.1, -0.05) is 0 Å². The maximum absolute atomic E-state index is 13.1. The van der Waals surface area contributed by atoms with Gasteiger partial charge in [0.2, 0.25) is 0 Å². The zero-order valence-corrected chi connectivity index (χ0v) is 7.10. The molecule has 1 rings (SSSR count). The summed E-state index contributed by atoms with van der Waals surface area (Å²) in [5.41, 5.74) is 0.990. The third-order valence-electron chi connectivity index (χ3n) is 1.68. The highest BCUT2D eigenvalue weighted by Gasteiger charge is 2.08. The van der Waals surface area contributed by atoms with E-state index in [0.29, 0.717) is 5.75 Å². The second-order valence-corrected chi connectivity index (χ2v) is 2.59. The molecule has 0 aliphatic heterocycles. The molecule has 0 unspecified atom stereocenters. The summed E-state index contributed by atoms with van der Waals surface area (Å²) < 4.78 is 18.0. The Balaban J connectivity index is 3.24. The number of halogens is 1. The topological polar surface area (TPSA) is 29.5 Å². The predicted molar refractivity (Wildman–Crippen MR) is 43.6 cm³/mol. The van der Waals surface area contributed by atoms with E-state index in [9.17, 15) is 4.39 Å². The minimum absolute atomic E-state index is 0.211. The molecular formula is C9H11FO2. The van der Waals surface area contributed by atoms with E-state index in [4.69, 9.17) is 9.84 Å². The van der Waals surface area contributed by atoms with E-state index in [0.717, 1.165) is 5.56 Å². The van der Waals surface area contributed by atoms with Crippen molar-refractivity contribution in [3.8, 4) is 5.75 Å². The van der Waals surface area contributed by atoms with Gasteiger partial charge in [0.25, 0.3) is 0 Å². The molecule has 0 saturated carbocycles. The summed E-state index contributed by atoms with van der Waals surface area (Å²) in [6.07, 6.45) is 0. The summed E-state index contributed by atoms with van der Waals surface area (Å²) in [6, 6.07) is 3.06. The van der Waals surface area contributed by atoms with E-state index in [-0.39, 0.29) is 12.2 Å². The molecule has 0 spiro atoms. The lowest BCUT2D eigenvalue weighted by Crippen LogP contribution is -1.96. The van der Waals surface area contributed by atoms with Crippen molar-refractivity contribution in [1.29, 1.82) is 0 Å². The monoisotopic (exact) mass is 170 g/mol. The van der Waals surface area contributed by atoms with Crippen LogP contribution in [-0.2, 0) is 6.61 Å². The van der Waals surface area contributed by atoms with E-state index >= 15 is 0 Å². The third kappa shape index (κ3) is 1.56. The number of hydrogen-bond acceptors (Lipinski definition) is 2. The molecule has 1 aromatic carbocycles. The van der Waals surface area contributed by atoms with Gasteiger partial charge in [0, 0.05) is 0 Å². The molecule has 12 heavy (non-hydrogen) atoms. The Kier molecular flexibility index (Phi) is 2.65. The molecule has 0 amide bonds. The Labute approximate surface area is 70.6 Å². The fourth-order valence-electron chi connectivity index (χ4n) is 1.08. The van der Waals surface area contributed by atoms with E-state index in [1.54, 1.807) is 13.0 Å². The van der Waals surface area contributed by atoms with Crippen molar-refractivity contribution < 1.29 is 14.2 Å². The van der Waals surface area contributed by atoms with Crippen LogP contribution in [0.15, 0.2) is 12.1 Å². The molecule has 0 aliphatic rings. The van der Waals surface area contributed by atoms with Crippen molar-refractivity contribution in [1.82, 2.24) is 0 Å². The van der Waals surface area contributed by atoms with Gasteiger partial charge in [-0.3, -0.25) is 0 Å². The van der Waals surface area contributed by atoms with Gasteiger partial charge in [0.05, 0.1) is 19.3 Å². The van der Waals surface area contributed by atoms with Gasteiger partial charge in [-0.05, 0) is 24.6 Å². The third-order valence-corrected chi connectivity index (χ3v) is 1.68. The van der Waals surface area contributed by atoms with Gasteiger partial charge in [-0.25, -0.2) is 4.39 Å². The van der Waals surface area contributed by atoms with Crippen LogP contribution in [0.1, 0.15) is 11.1 Å². The van der Waals surface area contributed by atoms with Gasteiger partial charge in [-0.15, -0.1) is 0 Å². The Morgan fingerprint density at radius 2 is 2.17 bits per heavy atom. The highest BCUT2D eigenvalue weighted by Crippen LogP contribution is 2.23. The summed E-state index contributed by atoms with van der Waals surface area (Å²) in [6.45, 7) is 1.43. The fourth-order valence-corrected chi connectivity index (χ4v) is 1.08. The summed E-state index contributed by atoms with van der Waals surface area (Å²) in [7, 11) is 1.45. The number of rotatable bonds is 2. The van der Waals surface area contributed by atoms with Crippen LogP contribution in [0.5, 0.6) is 5.75 Å². The zero-order chi connectivity index (χ0) is 9.14. The standard InChI is InChI=1S/C9H11FO2/c1-6-3-8(10)7(5-11)9(4-6)12-2/h3-4,11H,5H2,1-2H3. The number of benzene rings is 1. The molecule has 1 N–H and O–H groups in total. The van der Waals surface area contributed by atoms with Crippen LogP contribution in [0.25, 0.3) is 0 Å². The van der Waals surface area contributed by atoms with Crippen LogP contribution in [0, 0.1) is 12.7 Å². The summed E-state index contributed by atoms with van der Waals surface area (Å²) >= 11 is 0. The van der Waals surface area contributed by atoms with Crippen LogP contribution in [0.2, 0.25) is 0 Å². The average molecular weight is 170 g/mol. The number of aliphatic hydroxyl groups is 1. The average Bonchev–Trinajstić information content (AvgIpc) is 2.03. The molecule has 0 atom stereocenters. The first-order valence-electron chi connectivity index (χ1n) is 3.63. The van der Waals surface area contributed by atoms with Crippen molar-refractivity contribution in [2.24, 2.45) is 0 Å². The Bertz CT molecular complexity index is 284. The van der Waals surface area contributed by atoms with Gasteiger partial charge in [0.1, 0.15) is 11.6 Å². The number of ether oxygens (including phenoxy) is 1.